The van der Waals surface area contributed by atoms with E-state index in [1.165, 1.54) is 29.8 Å². The molecular weight excluding hydrogens is 313 g/mol. The molecule has 2 aromatic heterocycles. The number of nitriles is 1. The second kappa shape index (κ2) is 5.18. The maximum absolute atomic E-state index is 13.6. The number of hydrogen-bond acceptors (Lipinski definition) is 6. The fourth-order valence-electron chi connectivity index (χ4n) is 3.00. The van der Waals surface area contributed by atoms with Gasteiger partial charge >= 0.3 is 0 Å². The number of aromatic nitrogens is 2. The molecule has 0 amide bonds. The normalized spacial score (nSPS) is 13.8. The second-order valence-corrected chi connectivity index (χ2v) is 6.52. The minimum absolute atomic E-state index is 0.307. The molecule has 0 unspecified atom stereocenters. The van der Waals surface area contributed by atoms with E-state index in [-0.39, 0.29) is 5.82 Å². The van der Waals surface area contributed by atoms with Gasteiger partial charge < -0.3 is 10.6 Å². The average molecular weight is 325 g/mol. The molecule has 114 valence electrons. The van der Waals surface area contributed by atoms with Crippen LogP contribution in [-0.4, -0.2) is 16.5 Å². The number of nitrogens with zero attached hydrogens (tertiary/aromatic N) is 4. The van der Waals surface area contributed by atoms with Crippen LogP contribution in [-0.2, 0) is 13.0 Å². The Bertz CT molecular complexity index is 959. The number of hydrogen-bond donors (Lipinski definition) is 1. The van der Waals surface area contributed by atoms with Gasteiger partial charge in [0.25, 0.3) is 0 Å². The van der Waals surface area contributed by atoms with Crippen molar-refractivity contribution in [2.24, 2.45) is 0 Å². The molecule has 5 nitrogen and oxygen atoms in total. The Kier molecular flexibility index (Phi) is 3.13. The lowest BCUT2D eigenvalue weighted by atomic mass is 10.0. The fourth-order valence-corrected chi connectivity index (χ4v) is 4.08. The highest BCUT2D eigenvalue weighted by molar-refractivity contribution is 7.16. The maximum atomic E-state index is 13.6. The van der Waals surface area contributed by atoms with Gasteiger partial charge in [0.2, 0.25) is 0 Å². The smallest absolute Gasteiger partial charge is 0.140 e. The van der Waals surface area contributed by atoms with Gasteiger partial charge in [-0.05, 0) is 30.2 Å². The van der Waals surface area contributed by atoms with Gasteiger partial charge in [-0.2, -0.15) is 5.26 Å². The molecule has 0 fully saturated rings. The van der Waals surface area contributed by atoms with E-state index < -0.39 is 0 Å². The number of nitrogens with two attached hydrogens (primary N) is 1. The summed E-state index contributed by atoms with van der Waals surface area (Å²) in [7, 11) is 0. The number of benzene rings is 1. The van der Waals surface area contributed by atoms with Crippen molar-refractivity contribution in [2.45, 2.75) is 13.0 Å². The summed E-state index contributed by atoms with van der Waals surface area (Å²) in [5.41, 5.74) is 8.28. The summed E-state index contributed by atoms with van der Waals surface area (Å²) in [5.74, 6) is 0.406. The summed E-state index contributed by atoms with van der Waals surface area (Å²) < 4.78 is 13.6. The zero-order valence-corrected chi connectivity index (χ0v) is 12.9. The van der Waals surface area contributed by atoms with Gasteiger partial charge in [-0.25, -0.2) is 14.4 Å². The SMILES string of the molecule is N#Cc1c(N)sc2c1CCN(c1ncnc3ccc(F)cc13)C2. The van der Waals surface area contributed by atoms with Crippen LogP contribution >= 0.6 is 11.3 Å². The molecule has 23 heavy (non-hydrogen) atoms. The fraction of sp³-hybridized carbons (Fsp3) is 0.188. The van der Waals surface area contributed by atoms with Crippen molar-refractivity contribution in [3.8, 4) is 6.07 Å². The predicted octanol–water partition coefficient (Wildman–Crippen LogP) is 2.85. The molecular formula is C16H12FN5S. The van der Waals surface area contributed by atoms with E-state index in [4.69, 9.17) is 5.73 Å². The standard InChI is InChI=1S/C16H12FN5S/c17-9-1-2-13-11(5-9)16(21-8-20-13)22-4-3-10-12(6-18)15(19)23-14(10)7-22/h1-2,5,8H,3-4,7,19H2. The van der Waals surface area contributed by atoms with Crippen LogP contribution in [0.2, 0.25) is 0 Å². The third-order valence-corrected chi connectivity index (χ3v) is 5.12. The van der Waals surface area contributed by atoms with Crippen LogP contribution in [0.3, 0.4) is 0 Å². The molecule has 0 spiro atoms. The minimum atomic E-state index is -0.307. The van der Waals surface area contributed by atoms with Crippen LogP contribution in [0.4, 0.5) is 15.2 Å². The molecule has 1 aliphatic rings. The molecule has 0 radical (unpaired) electrons. The van der Waals surface area contributed by atoms with Crippen LogP contribution in [0, 0.1) is 17.1 Å². The Hall–Kier alpha value is -2.72. The molecule has 1 aromatic carbocycles. The van der Waals surface area contributed by atoms with Gasteiger partial charge in [0.05, 0.1) is 17.6 Å². The van der Waals surface area contributed by atoms with Crippen molar-refractivity contribution in [2.75, 3.05) is 17.2 Å². The molecule has 3 aromatic rings. The van der Waals surface area contributed by atoms with Crippen LogP contribution in [0.1, 0.15) is 16.0 Å². The van der Waals surface area contributed by atoms with Crippen molar-refractivity contribution in [1.29, 1.82) is 5.26 Å². The average Bonchev–Trinajstić information content (AvgIpc) is 2.88. The largest absolute Gasteiger partial charge is 0.389 e. The third kappa shape index (κ3) is 2.19. The predicted molar refractivity (Wildman–Crippen MR) is 87.7 cm³/mol. The number of thiophene rings is 1. The Morgan fingerprint density at radius 3 is 3.04 bits per heavy atom. The zero-order valence-electron chi connectivity index (χ0n) is 12.1. The molecule has 0 saturated carbocycles. The summed E-state index contributed by atoms with van der Waals surface area (Å²) in [6.07, 6.45) is 2.22. The lowest BCUT2D eigenvalue weighted by Gasteiger charge is -2.28. The summed E-state index contributed by atoms with van der Waals surface area (Å²) in [5, 5.41) is 10.5. The lowest BCUT2D eigenvalue weighted by molar-refractivity contribution is 0.629. The van der Waals surface area contributed by atoms with E-state index in [0.29, 0.717) is 40.4 Å². The van der Waals surface area contributed by atoms with Crippen LogP contribution in [0.5, 0.6) is 0 Å². The van der Waals surface area contributed by atoms with Gasteiger partial charge in [0.1, 0.15) is 29.0 Å². The van der Waals surface area contributed by atoms with Gasteiger partial charge in [-0.15, -0.1) is 11.3 Å². The molecule has 4 rings (SSSR count). The number of rotatable bonds is 1. The van der Waals surface area contributed by atoms with E-state index in [1.807, 2.05) is 0 Å². The van der Waals surface area contributed by atoms with Gasteiger partial charge in [0.15, 0.2) is 0 Å². The quantitative estimate of drug-likeness (QED) is 0.744. The van der Waals surface area contributed by atoms with Crippen LogP contribution < -0.4 is 10.6 Å². The molecule has 0 saturated heterocycles. The summed E-state index contributed by atoms with van der Waals surface area (Å²) >= 11 is 1.44. The Morgan fingerprint density at radius 2 is 2.22 bits per heavy atom. The van der Waals surface area contributed by atoms with Gasteiger partial charge in [0, 0.05) is 16.8 Å². The molecule has 3 heterocycles. The number of nitrogen functional groups attached to an aromatic ring is 1. The van der Waals surface area contributed by atoms with E-state index in [9.17, 15) is 9.65 Å². The van der Waals surface area contributed by atoms with Crippen molar-refractivity contribution < 1.29 is 4.39 Å². The first-order valence-electron chi connectivity index (χ1n) is 7.12. The third-order valence-electron chi connectivity index (χ3n) is 4.07. The molecule has 1 aliphatic heterocycles. The van der Waals surface area contributed by atoms with Crippen molar-refractivity contribution in [3.05, 3.63) is 46.3 Å². The summed E-state index contributed by atoms with van der Waals surface area (Å²) in [6.45, 7) is 1.33. The monoisotopic (exact) mass is 325 g/mol. The zero-order chi connectivity index (χ0) is 16.0. The van der Waals surface area contributed by atoms with Crippen LogP contribution in [0.25, 0.3) is 10.9 Å². The highest BCUT2D eigenvalue weighted by Gasteiger charge is 2.25. The molecule has 2 N–H and O–H groups in total. The number of anilines is 2. The van der Waals surface area contributed by atoms with E-state index in [1.54, 1.807) is 6.07 Å². The van der Waals surface area contributed by atoms with E-state index in [2.05, 4.69) is 20.9 Å². The Balaban J connectivity index is 1.78. The van der Waals surface area contributed by atoms with Crippen LogP contribution in [0.15, 0.2) is 24.5 Å². The number of halogens is 1. The van der Waals surface area contributed by atoms with Crippen molar-refractivity contribution >= 4 is 33.1 Å². The molecule has 0 bridgehead atoms. The molecule has 0 atom stereocenters. The Morgan fingerprint density at radius 1 is 1.35 bits per heavy atom. The second-order valence-electron chi connectivity index (χ2n) is 5.39. The minimum Gasteiger partial charge on any atom is -0.389 e. The maximum Gasteiger partial charge on any atom is 0.140 e. The summed E-state index contributed by atoms with van der Waals surface area (Å²) in [6, 6.07) is 6.70. The van der Waals surface area contributed by atoms with E-state index >= 15 is 0 Å². The topological polar surface area (TPSA) is 78.8 Å². The first kappa shape index (κ1) is 13.9. The van der Waals surface area contributed by atoms with Gasteiger partial charge in [-0.3, -0.25) is 0 Å². The highest BCUT2D eigenvalue weighted by atomic mass is 32.1. The van der Waals surface area contributed by atoms with Crippen molar-refractivity contribution in [3.63, 3.8) is 0 Å². The van der Waals surface area contributed by atoms with E-state index in [0.717, 1.165) is 16.9 Å². The first-order chi connectivity index (χ1) is 11.2. The highest BCUT2D eigenvalue weighted by Crippen LogP contribution is 2.36. The Labute approximate surface area is 135 Å². The number of fused-ring (bicyclic) bond motifs is 2. The summed E-state index contributed by atoms with van der Waals surface area (Å²) in [4.78, 5) is 11.7. The van der Waals surface area contributed by atoms with Crippen molar-refractivity contribution in [1.82, 2.24) is 9.97 Å². The lowest BCUT2D eigenvalue weighted by Crippen LogP contribution is -2.30. The van der Waals surface area contributed by atoms with Gasteiger partial charge in [-0.1, -0.05) is 0 Å². The first-order valence-corrected chi connectivity index (χ1v) is 7.94. The molecule has 0 aliphatic carbocycles. The molecule has 7 heteroatoms.